The number of benzene rings is 1. The molecule has 5 nitrogen and oxygen atoms in total. The molecule has 2 aromatic rings. The molecule has 1 aromatic carbocycles. The minimum atomic E-state index is -0.216. The first-order valence-electron chi connectivity index (χ1n) is 7.88. The van der Waals surface area contributed by atoms with E-state index in [-0.39, 0.29) is 18.4 Å². The van der Waals surface area contributed by atoms with Crippen molar-refractivity contribution < 1.29 is 9.59 Å². The molecule has 0 radical (unpaired) electrons. The molecule has 2 amide bonds. The van der Waals surface area contributed by atoms with Crippen molar-refractivity contribution in [3.05, 3.63) is 51.2 Å². The van der Waals surface area contributed by atoms with Crippen LogP contribution in [0.2, 0.25) is 5.02 Å². The van der Waals surface area contributed by atoms with Crippen LogP contribution in [0.15, 0.2) is 36.4 Å². The van der Waals surface area contributed by atoms with Gasteiger partial charge in [0.15, 0.2) is 0 Å². The Morgan fingerprint density at radius 1 is 1.36 bits per heavy atom. The lowest BCUT2D eigenvalue weighted by Gasteiger charge is -2.29. The van der Waals surface area contributed by atoms with E-state index >= 15 is 0 Å². The maximum atomic E-state index is 12.0. The number of piperazine rings is 1. The monoisotopic (exact) mass is 375 g/mol. The molecule has 0 aliphatic carbocycles. The molecule has 0 unspecified atom stereocenters. The number of hydrogen-bond donors (Lipinski definition) is 2. The second kappa shape index (κ2) is 7.72. The van der Waals surface area contributed by atoms with Gasteiger partial charge in [-0.05, 0) is 43.3 Å². The van der Waals surface area contributed by atoms with Crippen LogP contribution in [-0.4, -0.2) is 31.4 Å². The maximum Gasteiger partial charge on any atom is 0.248 e. The number of hydrogen-bond acceptors (Lipinski definition) is 4. The Bertz CT molecular complexity index is 831. The molecule has 2 N–H and O–H groups in total. The highest BCUT2D eigenvalue weighted by atomic mass is 35.5. The van der Waals surface area contributed by atoms with Gasteiger partial charge >= 0.3 is 0 Å². The van der Waals surface area contributed by atoms with Crippen LogP contribution in [0.1, 0.15) is 9.75 Å². The van der Waals surface area contributed by atoms with Crippen LogP contribution in [0.4, 0.5) is 11.4 Å². The number of carbonyl (C=O) groups excluding carboxylic acids is 2. The van der Waals surface area contributed by atoms with Crippen molar-refractivity contribution in [2.24, 2.45) is 0 Å². The average Bonchev–Trinajstić information content (AvgIpc) is 2.98. The summed E-state index contributed by atoms with van der Waals surface area (Å²) in [6, 6.07) is 9.30. The zero-order chi connectivity index (χ0) is 17.8. The molecule has 3 rings (SSSR count). The SMILES string of the molecule is Cc1ccc(/C=C/C(=O)Nc2ccc(N3CCNC(=O)C3)c(Cl)c2)s1. The fraction of sp³-hybridized carbons (Fsp3) is 0.222. The fourth-order valence-corrected chi connectivity index (χ4v) is 3.65. The van der Waals surface area contributed by atoms with Crippen LogP contribution in [0.25, 0.3) is 6.08 Å². The first-order valence-corrected chi connectivity index (χ1v) is 9.07. The van der Waals surface area contributed by atoms with Gasteiger partial charge in [-0.3, -0.25) is 9.59 Å². The minimum Gasteiger partial charge on any atom is -0.359 e. The second-order valence-electron chi connectivity index (χ2n) is 5.71. The molecule has 0 bridgehead atoms. The molecule has 1 aromatic heterocycles. The minimum absolute atomic E-state index is 0.0198. The summed E-state index contributed by atoms with van der Waals surface area (Å²) in [6.07, 6.45) is 3.29. The Morgan fingerprint density at radius 2 is 2.20 bits per heavy atom. The quantitative estimate of drug-likeness (QED) is 0.806. The van der Waals surface area contributed by atoms with Crippen LogP contribution in [0.5, 0.6) is 0 Å². The zero-order valence-corrected chi connectivity index (χ0v) is 15.3. The van der Waals surface area contributed by atoms with Crippen molar-refractivity contribution in [1.82, 2.24) is 5.32 Å². The summed E-state index contributed by atoms with van der Waals surface area (Å²) in [5.74, 6) is -0.235. The number of halogens is 1. The number of thiophene rings is 1. The van der Waals surface area contributed by atoms with Gasteiger partial charge in [0.1, 0.15) is 0 Å². The maximum absolute atomic E-state index is 12.0. The largest absolute Gasteiger partial charge is 0.359 e. The zero-order valence-electron chi connectivity index (χ0n) is 13.7. The molecule has 1 aliphatic heterocycles. The predicted molar refractivity (Wildman–Crippen MR) is 103 cm³/mol. The number of nitrogens with zero attached hydrogens (tertiary/aromatic N) is 1. The molecular formula is C18H18ClN3O2S. The number of carbonyl (C=O) groups is 2. The van der Waals surface area contributed by atoms with E-state index in [1.165, 1.54) is 11.0 Å². The Balaban J connectivity index is 1.65. The summed E-state index contributed by atoms with van der Waals surface area (Å²) >= 11 is 7.96. The number of nitrogens with one attached hydrogen (secondary N) is 2. The van der Waals surface area contributed by atoms with Crippen LogP contribution in [0, 0.1) is 6.92 Å². The summed E-state index contributed by atoms with van der Waals surface area (Å²) in [7, 11) is 0. The van der Waals surface area contributed by atoms with Crippen molar-refractivity contribution in [2.75, 3.05) is 29.9 Å². The van der Waals surface area contributed by atoms with E-state index in [0.717, 1.165) is 10.6 Å². The van der Waals surface area contributed by atoms with Crippen LogP contribution >= 0.6 is 22.9 Å². The first kappa shape index (κ1) is 17.5. The van der Waals surface area contributed by atoms with E-state index in [1.807, 2.05) is 30.0 Å². The Kier molecular flexibility index (Phi) is 5.40. The third kappa shape index (κ3) is 4.61. The van der Waals surface area contributed by atoms with Crippen molar-refractivity contribution in [3.8, 4) is 0 Å². The summed E-state index contributed by atoms with van der Waals surface area (Å²) < 4.78 is 0. The lowest BCUT2D eigenvalue weighted by molar-refractivity contribution is -0.120. The summed E-state index contributed by atoms with van der Waals surface area (Å²) in [6.45, 7) is 3.62. The fourth-order valence-electron chi connectivity index (χ4n) is 2.57. The second-order valence-corrected chi connectivity index (χ2v) is 7.44. The highest BCUT2D eigenvalue weighted by molar-refractivity contribution is 7.12. The van der Waals surface area contributed by atoms with Gasteiger partial charge in [0.05, 0.1) is 17.3 Å². The van der Waals surface area contributed by atoms with Crippen molar-refractivity contribution >= 4 is 52.2 Å². The predicted octanol–water partition coefficient (Wildman–Crippen LogP) is 3.30. The molecule has 2 heterocycles. The average molecular weight is 376 g/mol. The molecule has 7 heteroatoms. The van der Waals surface area contributed by atoms with E-state index < -0.39 is 0 Å². The molecule has 0 spiro atoms. The van der Waals surface area contributed by atoms with Gasteiger partial charge in [0, 0.05) is 34.6 Å². The van der Waals surface area contributed by atoms with Gasteiger partial charge in [0.25, 0.3) is 0 Å². The molecule has 0 saturated carbocycles. The van der Waals surface area contributed by atoms with E-state index in [4.69, 9.17) is 11.6 Å². The Hall–Kier alpha value is -2.31. The van der Waals surface area contributed by atoms with Gasteiger partial charge in [-0.1, -0.05) is 11.6 Å². The number of anilines is 2. The van der Waals surface area contributed by atoms with Gasteiger partial charge in [0.2, 0.25) is 11.8 Å². The molecule has 1 fully saturated rings. The van der Waals surface area contributed by atoms with E-state index in [9.17, 15) is 9.59 Å². The Morgan fingerprint density at radius 3 is 2.88 bits per heavy atom. The summed E-state index contributed by atoms with van der Waals surface area (Å²) in [4.78, 5) is 27.7. The molecule has 1 saturated heterocycles. The number of aryl methyl sites for hydroxylation is 1. The van der Waals surface area contributed by atoms with Gasteiger partial charge < -0.3 is 15.5 Å². The summed E-state index contributed by atoms with van der Waals surface area (Å²) in [5, 5.41) is 6.08. The van der Waals surface area contributed by atoms with Crippen LogP contribution in [-0.2, 0) is 9.59 Å². The van der Waals surface area contributed by atoms with Gasteiger partial charge in [-0.2, -0.15) is 0 Å². The molecule has 130 valence electrons. The highest BCUT2D eigenvalue weighted by Gasteiger charge is 2.18. The Labute approximate surface area is 155 Å². The third-order valence-electron chi connectivity index (χ3n) is 3.75. The van der Waals surface area contributed by atoms with E-state index in [0.29, 0.717) is 23.8 Å². The molecule has 25 heavy (non-hydrogen) atoms. The van der Waals surface area contributed by atoms with Crippen LogP contribution in [0.3, 0.4) is 0 Å². The van der Waals surface area contributed by atoms with Crippen molar-refractivity contribution in [2.45, 2.75) is 6.92 Å². The van der Waals surface area contributed by atoms with Crippen LogP contribution < -0.4 is 15.5 Å². The van der Waals surface area contributed by atoms with E-state index in [2.05, 4.69) is 10.6 Å². The highest BCUT2D eigenvalue weighted by Crippen LogP contribution is 2.29. The topological polar surface area (TPSA) is 61.4 Å². The van der Waals surface area contributed by atoms with Crippen molar-refractivity contribution in [1.29, 1.82) is 0 Å². The number of amides is 2. The lowest BCUT2D eigenvalue weighted by atomic mass is 10.2. The first-order chi connectivity index (χ1) is 12.0. The van der Waals surface area contributed by atoms with Crippen molar-refractivity contribution in [3.63, 3.8) is 0 Å². The standard InChI is InChI=1S/C18H18ClN3O2S/c1-12-2-4-14(25-12)5-7-17(23)21-13-3-6-16(15(19)10-13)22-9-8-20-18(24)11-22/h2-7,10H,8-9,11H2,1H3,(H,20,24)(H,21,23)/b7-5+. The lowest BCUT2D eigenvalue weighted by Crippen LogP contribution is -2.47. The van der Waals surface area contributed by atoms with Gasteiger partial charge in [-0.15, -0.1) is 11.3 Å². The number of rotatable bonds is 4. The van der Waals surface area contributed by atoms with Gasteiger partial charge in [-0.25, -0.2) is 0 Å². The normalized spacial score (nSPS) is 14.6. The summed E-state index contributed by atoms with van der Waals surface area (Å²) in [5.41, 5.74) is 1.41. The molecule has 0 atom stereocenters. The molecule has 1 aliphatic rings. The molecular weight excluding hydrogens is 358 g/mol. The van der Waals surface area contributed by atoms with E-state index in [1.54, 1.807) is 29.5 Å². The third-order valence-corrected chi connectivity index (χ3v) is 5.02. The smallest absolute Gasteiger partial charge is 0.248 e.